The number of carbonyl (C=O) groups is 3. The van der Waals surface area contributed by atoms with Gasteiger partial charge in [-0.3, -0.25) is 14.9 Å². The Labute approximate surface area is 190 Å². The van der Waals surface area contributed by atoms with Crippen LogP contribution in [0.25, 0.3) is 11.1 Å². The lowest BCUT2D eigenvalue weighted by molar-refractivity contribution is -0.132. The van der Waals surface area contributed by atoms with Crippen molar-refractivity contribution in [2.24, 2.45) is 0 Å². The Morgan fingerprint density at radius 1 is 1.00 bits per heavy atom. The third-order valence-corrected chi connectivity index (χ3v) is 5.42. The van der Waals surface area contributed by atoms with Crippen molar-refractivity contribution in [3.8, 4) is 11.1 Å². The number of fused-ring (bicyclic) bond motifs is 3. The molecule has 3 aromatic rings. The lowest BCUT2D eigenvalue weighted by atomic mass is 9.95. The standard InChI is InChI=1S/C25H22FN3O4/c1-15(33-25(32)27-17-9-7-8-16(26)14-17)23(30)28-22-20-12-4-3-10-18(20)19-11-5-6-13-21(19)29(2)24(22)31/h3-15,22H,1-2H3,(H,27,32)(H,28,30)/t15?,22-/m0/s1. The maximum absolute atomic E-state index is 13.3. The molecule has 1 aliphatic rings. The molecule has 0 aromatic heterocycles. The first-order valence-corrected chi connectivity index (χ1v) is 10.3. The Kier molecular flexibility index (Phi) is 6.08. The number of hydrogen-bond acceptors (Lipinski definition) is 4. The molecule has 0 aliphatic carbocycles. The molecule has 1 unspecified atom stereocenters. The summed E-state index contributed by atoms with van der Waals surface area (Å²) in [4.78, 5) is 39.8. The highest BCUT2D eigenvalue weighted by Gasteiger charge is 2.34. The van der Waals surface area contributed by atoms with Crippen LogP contribution in [0.5, 0.6) is 0 Å². The van der Waals surface area contributed by atoms with Gasteiger partial charge in [0.1, 0.15) is 11.9 Å². The minimum Gasteiger partial charge on any atom is -0.436 e. The predicted octanol–water partition coefficient (Wildman–Crippen LogP) is 4.26. The maximum Gasteiger partial charge on any atom is 0.412 e. The monoisotopic (exact) mass is 447 g/mol. The first-order chi connectivity index (χ1) is 15.8. The van der Waals surface area contributed by atoms with E-state index in [0.29, 0.717) is 5.56 Å². The summed E-state index contributed by atoms with van der Waals surface area (Å²) in [6, 6.07) is 19.2. The van der Waals surface area contributed by atoms with Gasteiger partial charge < -0.3 is 15.0 Å². The van der Waals surface area contributed by atoms with Crippen LogP contribution >= 0.6 is 0 Å². The molecule has 1 heterocycles. The molecule has 2 atom stereocenters. The topological polar surface area (TPSA) is 87.7 Å². The largest absolute Gasteiger partial charge is 0.436 e. The van der Waals surface area contributed by atoms with Crippen molar-refractivity contribution in [3.05, 3.63) is 84.2 Å². The highest BCUT2D eigenvalue weighted by atomic mass is 19.1. The molecule has 3 amide bonds. The normalized spacial score (nSPS) is 15.5. The third-order valence-electron chi connectivity index (χ3n) is 5.42. The van der Waals surface area contributed by atoms with Gasteiger partial charge in [-0.1, -0.05) is 48.5 Å². The van der Waals surface area contributed by atoms with Crippen LogP contribution in [0.4, 0.5) is 20.6 Å². The fourth-order valence-electron chi connectivity index (χ4n) is 3.76. The smallest absolute Gasteiger partial charge is 0.412 e. The van der Waals surface area contributed by atoms with E-state index in [-0.39, 0.29) is 11.6 Å². The second kappa shape index (κ2) is 9.12. The van der Waals surface area contributed by atoms with Crippen LogP contribution in [0.3, 0.4) is 0 Å². The first-order valence-electron chi connectivity index (χ1n) is 10.3. The van der Waals surface area contributed by atoms with Gasteiger partial charge >= 0.3 is 6.09 Å². The molecule has 0 bridgehead atoms. The van der Waals surface area contributed by atoms with Crippen molar-refractivity contribution in [1.82, 2.24) is 5.32 Å². The number of benzene rings is 3. The van der Waals surface area contributed by atoms with E-state index in [1.807, 2.05) is 36.4 Å². The van der Waals surface area contributed by atoms with Crippen molar-refractivity contribution in [3.63, 3.8) is 0 Å². The van der Waals surface area contributed by atoms with Crippen LogP contribution in [0.15, 0.2) is 72.8 Å². The Balaban J connectivity index is 1.52. The number of rotatable bonds is 4. The lowest BCUT2D eigenvalue weighted by Crippen LogP contribution is -2.45. The number of carbonyl (C=O) groups excluding carboxylic acids is 3. The van der Waals surface area contributed by atoms with E-state index in [1.165, 1.54) is 30.0 Å². The minimum absolute atomic E-state index is 0.194. The summed E-state index contributed by atoms with van der Waals surface area (Å²) in [5.74, 6) is -1.48. The van der Waals surface area contributed by atoms with Crippen LogP contribution in [0, 0.1) is 5.82 Å². The Morgan fingerprint density at radius 3 is 2.45 bits per heavy atom. The van der Waals surface area contributed by atoms with Crippen molar-refractivity contribution in [1.29, 1.82) is 0 Å². The van der Waals surface area contributed by atoms with E-state index in [2.05, 4.69) is 10.6 Å². The van der Waals surface area contributed by atoms with E-state index >= 15 is 0 Å². The molecular formula is C25H22FN3O4. The van der Waals surface area contributed by atoms with Gasteiger partial charge in [0.2, 0.25) is 0 Å². The average Bonchev–Trinajstić information content (AvgIpc) is 2.89. The number of nitrogens with one attached hydrogen (secondary N) is 2. The number of para-hydroxylation sites is 1. The third kappa shape index (κ3) is 4.55. The Bertz CT molecular complexity index is 1230. The molecule has 1 aliphatic heterocycles. The number of nitrogens with zero attached hydrogens (tertiary/aromatic N) is 1. The number of halogens is 1. The van der Waals surface area contributed by atoms with Gasteiger partial charge in [-0.25, -0.2) is 9.18 Å². The van der Waals surface area contributed by atoms with Crippen LogP contribution in [0.2, 0.25) is 0 Å². The molecule has 168 valence electrons. The summed E-state index contributed by atoms with van der Waals surface area (Å²) in [6.45, 7) is 1.39. The summed E-state index contributed by atoms with van der Waals surface area (Å²) in [6.07, 6.45) is -2.12. The molecule has 4 rings (SSSR count). The van der Waals surface area contributed by atoms with E-state index in [9.17, 15) is 18.8 Å². The molecule has 0 fully saturated rings. The van der Waals surface area contributed by atoms with Crippen molar-refractivity contribution >= 4 is 29.3 Å². The molecule has 0 saturated heterocycles. The van der Waals surface area contributed by atoms with E-state index in [0.717, 1.165) is 22.9 Å². The van der Waals surface area contributed by atoms with Gasteiger partial charge in [0.25, 0.3) is 11.8 Å². The van der Waals surface area contributed by atoms with Gasteiger partial charge in [-0.2, -0.15) is 0 Å². The second-order valence-corrected chi connectivity index (χ2v) is 7.63. The predicted molar refractivity (Wildman–Crippen MR) is 122 cm³/mol. The maximum atomic E-state index is 13.3. The van der Waals surface area contributed by atoms with Gasteiger partial charge in [-0.15, -0.1) is 0 Å². The quantitative estimate of drug-likeness (QED) is 0.626. The molecular weight excluding hydrogens is 425 g/mol. The van der Waals surface area contributed by atoms with Crippen LogP contribution < -0.4 is 15.5 Å². The van der Waals surface area contributed by atoms with E-state index in [1.54, 1.807) is 19.2 Å². The zero-order valence-electron chi connectivity index (χ0n) is 18.0. The molecule has 7 nitrogen and oxygen atoms in total. The fourth-order valence-corrected chi connectivity index (χ4v) is 3.76. The molecule has 3 aromatic carbocycles. The van der Waals surface area contributed by atoms with Crippen LogP contribution in [0.1, 0.15) is 18.5 Å². The summed E-state index contributed by atoms with van der Waals surface area (Å²) < 4.78 is 18.4. The lowest BCUT2D eigenvalue weighted by Gasteiger charge is -2.24. The summed E-state index contributed by atoms with van der Waals surface area (Å²) in [5.41, 5.74) is 3.27. The minimum atomic E-state index is -1.20. The van der Waals surface area contributed by atoms with Crippen LogP contribution in [-0.2, 0) is 14.3 Å². The highest BCUT2D eigenvalue weighted by Crippen LogP contribution is 2.39. The Morgan fingerprint density at radius 2 is 1.70 bits per heavy atom. The fraction of sp³-hybridized carbons (Fsp3) is 0.160. The first kappa shape index (κ1) is 22.0. The molecule has 0 radical (unpaired) electrons. The Hall–Kier alpha value is -4.20. The van der Waals surface area contributed by atoms with Gasteiger partial charge in [0, 0.05) is 18.3 Å². The zero-order valence-corrected chi connectivity index (χ0v) is 18.0. The zero-order chi connectivity index (χ0) is 23.5. The number of anilines is 2. The SMILES string of the molecule is CC(OC(=O)Nc1cccc(F)c1)C(=O)N[C@@H]1C(=O)N(C)c2ccccc2-c2ccccc21. The summed E-state index contributed by atoms with van der Waals surface area (Å²) in [5, 5.41) is 5.08. The van der Waals surface area contributed by atoms with Crippen molar-refractivity contribution in [2.75, 3.05) is 17.3 Å². The number of ether oxygens (including phenoxy) is 1. The highest BCUT2D eigenvalue weighted by molar-refractivity contribution is 6.06. The molecule has 2 N–H and O–H groups in total. The van der Waals surface area contributed by atoms with Gasteiger partial charge in [0.05, 0.1) is 5.69 Å². The van der Waals surface area contributed by atoms with Crippen molar-refractivity contribution < 1.29 is 23.5 Å². The molecule has 8 heteroatoms. The van der Waals surface area contributed by atoms with Crippen molar-refractivity contribution in [2.45, 2.75) is 19.1 Å². The second-order valence-electron chi connectivity index (χ2n) is 7.63. The summed E-state index contributed by atoms with van der Waals surface area (Å²) >= 11 is 0. The van der Waals surface area contributed by atoms with Gasteiger partial charge in [0.15, 0.2) is 6.10 Å². The number of hydrogen-bond donors (Lipinski definition) is 2. The molecule has 0 spiro atoms. The van der Waals surface area contributed by atoms with Gasteiger partial charge in [-0.05, 0) is 42.3 Å². The molecule has 0 saturated carbocycles. The summed E-state index contributed by atoms with van der Waals surface area (Å²) in [7, 11) is 1.65. The average molecular weight is 447 g/mol. The molecule has 33 heavy (non-hydrogen) atoms. The van der Waals surface area contributed by atoms with E-state index in [4.69, 9.17) is 4.74 Å². The van der Waals surface area contributed by atoms with E-state index < -0.39 is 30.0 Å². The number of likely N-dealkylation sites (N-methyl/N-ethyl adjacent to an activating group) is 1. The number of amides is 3. The van der Waals surface area contributed by atoms with Crippen LogP contribution in [-0.4, -0.2) is 31.1 Å².